The van der Waals surface area contributed by atoms with Gasteiger partial charge in [0.2, 0.25) is 0 Å². The summed E-state index contributed by atoms with van der Waals surface area (Å²) in [6, 6.07) is 3.78. The molecule has 6 nitrogen and oxygen atoms in total. The van der Waals surface area contributed by atoms with Crippen molar-refractivity contribution in [2.75, 3.05) is 6.61 Å². The maximum Gasteiger partial charge on any atom is 0.111 e. The van der Waals surface area contributed by atoms with Crippen molar-refractivity contribution in [3.05, 3.63) is 30.1 Å². The van der Waals surface area contributed by atoms with E-state index in [0.717, 1.165) is 5.56 Å². The van der Waals surface area contributed by atoms with Crippen molar-refractivity contribution in [3.8, 4) is 0 Å². The van der Waals surface area contributed by atoms with Gasteiger partial charge in [0.25, 0.3) is 0 Å². The molecule has 0 aromatic carbocycles. The highest BCUT2D eigenvalue weighted by Crippen LogP contribution is 2.20. The van der Waals surface area contributed by atoms with Crippen molar-refractivity contribution in [2.24, 2.45) is 0 Å². The molecule has 112 valence electrons. The molecule has 1 aliphatic rings. The Morgan fingerprint density at radius 2 is 2.10 bits per heavy atom. The minimum absolute atomic E-state index is 0.0295. The van der Waals surface area contributed by atoms with Crippen LogP contribution in [0.4, 0.5) is 0 Å². The van der Waals surface area contributed by atoms with Crippen LogP contribution in [0, 0.1) is 0 Å². The Labute approximate surface area is 117 Å². The van der Waals surface area contributed by atoms with E-state index < -0.39 is 30.5 Å². The summed E-state index contributed by atoms with van der Waals surface area (Å²) in [6.07, 6.45) is 0.109. The summed E-state index contributed by atoms with van der Waals surface area (Å²) in [5.74, 6) is 0. The Morgan fingerprint density at radius 3 is 2.80 bits per heavy atom. The SMILES string of the molecule is OC(CCc1cccnc1)CC1OCC(O)C(O)C1O. The second-order valence-corrected chi connectivity index (χ2v) is 5.21. The smallest absolute Gasteiger partial charge is 0.111 e. The molecule has 1 aromatic rings. The maximum absolute atomic E-state index is 9.98. The zero-order chi connectivity index (χ0) is 14.5. The van der Waals surface area contributed by atoms with Gasteiger partial charge in [-0.1, -0.05) is 6.07 Å². The number of aromatic nitrogens is 1. The monoisotopic (exact) mass is 283 g/mol. The van der Waals surface area contributed by atoms with E-state index in [-0.39, 0.29) is 13.0 Å². The third kappa shape index (κ3) is 3.97. The highest BCUT2D eigenvalue weighted by molar-refractivity contribution is 5.08. The van der Waals surface area contributed by atoms with Crippen LogP contribution in [0.5, 0.6) is 0 Å². The normalized spacial score (nSPS) is 32.0. The molecule has 6 heteroatoms. The molecule has 2 heterocycles. The first-order valence-corrected chi connectivity index (χ1v) is 6.80. The molecule has 0 amide bonds. The van der Waals surface area contributed by atoms with Gasteiger partial charge in [-0.05, 0) is 24.5 Å². The Hall–Kier alpha value is -1.05. The Kier molecular flexibility index (Phi) is 5.45. The van der Waals surface area contributed by atoms with Gasteiger partial charge in [0.05, 0.1) is 18.8 Å². The number of nitrogens with zero attached hydrogens (tertiary/aromatic N) is 1. The first kappa shape index (κ1) is 15.3. The predicted octanol–water partition coefficient (Wildman–Crippen LogP) is -0.753. The van der Waals surface area contributed by atoms with Crippen LogP contribution >= 0.6 is 0 Å². The van der Waals surface area contributed by atoms with Crippen LogP contribution in [0.3, 0.4) is 0 Å². The Balaban J connectivity index is 1.78. The highest BCUT2D eigenvalue weighted by atomic mass is 16.5. The predicted molar refractivity (Wildman–Crippen MR) is 70.9 cm³/mol. The lowest BCUT2D eigenvalue weighted by molar-refractivity contribution is -0.193. The lowest BCUT2D eigenvalue weighted by atomic mass is 9.94. The van der Waals surface area contributed by atoms with Gasteiger partial charge in [-0.3, -0.25) is 4.98 Å². The van der Waals surface area contributed by atoms with Crippen LogP contribution < -0.4 is 0 Å². The molecule has 0 radical (unpaired) electrons. The van der Waals surface area contributed by atoms with Crippen molar-refractivity contribution in [3.63, 3.8) is 0 Å². The van der Waals surface area contributed by atoms with E-state index in [0.29, 0.717) is 12.8 Å². The summed E-state index contributed by atoms with van der Waals surface area (Å²) in [5, 5.41) is 38.7. The zero-order valence-corrected chi connectivity index (χ0v) is 11.2. The van der Waals surface area contributed by atoms with Crippen molar-refractivity contribution in [1.29, 1.82) is 0 Å². The van der Waals surface area contributed by atoms with E-state index >= 15 is 0 Å². The summed E-state index contributed by atoms with van der Waals surface area (Å²) in [7, 11) is 0. The van der Waals surface area contributed by atoms with E-state index in [1.54, 1.807) is 12.4 Å². The first-order chi connectivity index (χ1) is 9.58. The van der Waals surface area contributed by atoms with E-state index in [1.165, 1.54) is 0 Å². The molecular formula is C14H21NO5. The summed E-state index contributed by atoms with van der Waals surface area (Å²) in [4.78, 5) is 4.00. The summed E-state index contributed by atoms with van der Waals surface area (Å²) in [6.45, 7) is -0.0295. The molecular weight excluding hydrogens is 262 g/mol. The van der Waals surface area contributed by atoms with Crippen molar-refractivity contribution >= 4 is 0 Å². The number of hydrogen-bond acceptors (Lipinski definition) is 6. The van der Waals surface area contributed by atoms with Crippen LogP contribution in [0.25, 0.3) is 0 Å². The van der Waals surface area contributed by atoms with Crippen LogP contribution in [-0.4, -0.2) is 62.5 Å². The molecule has 5 unspecified atom stereocenters. The van der Waals surface area contributed by atoms with Gasteiger partial charge in [-0.2, -0.15) is 0 Å². The molecule has 1 fully saturated rings. The zero-order valence-electron chi connectivity index (χ0n) is 11.2. The second kappa shape index (κ2) is 7.10. The van der Waals surface area contributed by atoms with E-state index in [1.807, 2.05) is 12.1 Å². The molecule has 0 aliphatic carbocycles. The van der Waals surface area contributed by atoms with Gasteiger partial charge in [-0.25, -0.2) is 0 Å². The van der Waals surface area contributed by atoms with Crippen LogP contribution in [0.15, 0.2) is 24.5 Å². The highest BCUT2D eigenvalue weighted by Gasteiger charge is 2.38. The van der Waals surface area contributed by atoms with Crippen LogP contribution in [-0.2, 0) is 11.2 Å². The lowest BCUT2D eigenvalue weighted by Crippen LogP contribution is -2.53. The lowest BCUT2D eigenvalue weighted by Gasteiger charge is -2.36. The van der Waals surface area contributed by atoms with Crippen LogP contribution in [0.2, 0.25) is 0 Å². The van der Waals surface area contributed by atoms with Gasteiger partial charge < -0.3 is 25.2 Å². The maximum atomic E-state index is 9.98. The third-order valence-corrected chi connectivity index (χ3v) is 3.60. The topological polar surface area (TPSA) is 103 Å². The number of aliphatic hydroxyl groups is 4. The van der Waals surface area contributed by atoms with Crippen molar-refractivity contribution in [2.45, 2.75) is 49.8 Å². The fourth-order valence-electron chi connectivity index (χ4n) is 2.34. The number of aryl methyl sites for hydroxylation is 1. The fourth-order valence-corrected chi connectivity index (χ4v) is 2.34. The molecule has 1 aliphatic heterocycles. The molecule has 1 aromatic heterocycles. The van der Waals surface area contributed by atoms with Crippen LogP contribution in [0.1, 0.15) is 18.4 Å². The number of aliphatic hydroxyl groups excluding tert-OH is 4. The average Bonchev–Trinajstić information content (AvgIpc) is 2.47. The molecule has 1 saturated heterocycles. The van der Waals surface area contributed by atoms with Gasteiger partial charge in [0.15, 0.2) is 0 Å². The Bertz CT molecular complexity index is 402. The molecule has 0 spiro atoms. The summed E-state index contributed by atoms with van der Waals surface area (Å²) >= 11 is 0. The van der Waals surface area contributed by atoms with Crippen molar-refractivity contribution in [1.82, 2.24) is 4.98 Å². The van der Waals surface area contributed by atoms with Gasteiger partial charge in [0.1, 0.15) is 18.3 Å². The largest absolute Gasteiger partial charge is 0.393 e. The molecule has 0 saturated carbocycles. The third-order valence-electron chi connectivity index (χ3n) is 3.60. The number of pyridine rings is 1. The first-order valence-electron chi connectivity index (χ1n) is 6.80. The summed E-state index contributed by atoms with van der Waals surface area (Å²) < 4.78 is 5.26. The summed E-state index contributed by atoms with van der Waals surface area (Å²) in [5.41, 5.74) is 1.03. The quantitative estimate of drug-likeness (QED) is 0.567. The van der Waals surface area contributed by atoms with E-state index in [4.69, 9.17) is 4.74 Å². The molecule has 4 N–H and O–H groups in total. The van der Waals surface area contributed by atoms with Gasteiger partial charge in [0, 0.05) is 18.8 Å². The standard InChI is InChI=1S/C14H21NO5/c16-10(4-3-9-2-1-5-15-7-9)6-12-14(19)13(18)11(17)8-20-12/h1-2,5,7,10-14,16-19H,3-4,6,8H2. The van der Waals surface area contributed by atoms with E-state index in [9.17, 15) is 20.4 Å². The minimum Gasteiger partial charge on any atom is -0.393 e. The molecule has 0 bridgehead atoms. The fraction of sp³-hybridized carbons (Fsp3) is 0.643. The number of hydrogen-bond donors (Lipinski definition) is 4. The van der Waals surface area contributed by atoms with Gasteiger partial charge >= 0.3 is 0 Å². The number of ether oxygens (including phenoxy) is 1. The minimum atomic E-state index is -1.22. The number of rotatable bonds is 5. The second-order valence-electron chi connectivity index (χ2n) is 5.21. The van der Waals surface area contributed by atoms with Crippen molar-refractivity contribution < 1.29 is 25.2 Å². The molecule has 2 rings (SSSR count). The van der Waals surface area contributed by atoms with Gasteiger partial charge in [-0.15, -0.1) is 0 Å². The average molecular weight is 283 g/mol. The molecule has 5 atom stereocenters. The Morgan fingerprint density at radius 1 is 1.30 bits per heavy atom. The molecule has 20 heavy (non-hydrogen) atoms. The van der Waals surface area contributed by atoms with E-state index in [2.05, 4.69) is 4.98 Å².